The van der Waals surface area contributed by atoms with Gasteiger partial charge in [0.05, 0.1) is 5.82 Å². The van der Waals surface area contributed by atoms with Crippen molar-refractivity contribution >= 4 is 19.9 Å². The Morgan fingerprint density at radius 1 is 1.73 bits per heavy atom. The normalized spacial score (nSPS) is 12.3. The Labute approximate surface area is 66.3 Å². The smallest absolute Gasteiger partial charge is 0.355 e. The fraction of sp³-hybridized carbons (Fsp3) is 0.667. The molecule has 0 saturated carbocycles. The molecule has 62 valence electrons. The first-order valence-electron chi connectivity index (χ1n) is 3.43. The summed E-state index contributed by atoms with van der Waals surface area (Å²) in [6.45, 7) is 3.62. The summed E-state index contributed by atoms with van der Waals surface area (Å²) in [4.78, 5) is 10.5. The zero-order valence-corrected chi connectivity index (χ0v) is 6.70. The Kier molecular flexibility index (Phi) is 4.33. The molecule has 0 amide bonds. The van der Waals surface area contributed by atoms with Crippen LogP contribution in [-0.2, 0) is 9.45 Å². The summed E-state index contributed by atoms with van der Waals surface area (Å²) in [5.41, 5.74) is 0. The van der Waals surface area contributed by atoms with E-state index in [0.717, 1.165) is 6.40 Å². The minimum Gasteiger partial charge on any atom is -0.556 e. The minimum absolute atomic E-state index is 0.0347. The van der Waals surface area contributed by atoms with Crippen molar-refractivity contribution in [3.8, 4) is 0 Å². The lowest BCUT2D eigenvalue weighted by atomic mass is 9.72. The van der Waals surface area contributed by atoms with Gasteiger partial charge in [-0.1, -0.05) is 13.8 Å². The zero-order chi connectivity index (χ0) is 8.85. The van der Waals surface area contributed by atoms with E-state index in [-0.39, 0.29) is 13.4 Å². The first-order valence-corrected chi connectivity index (χ1v) is 3.43. The van der Waals surface area contributed by atoms with Crippen molar-refractivity contribution in [1.29, 1.82) is 5.41 Å². The molecule has 0 unspecified atom stereocenters. The second-order valence-corrected chi connectivity index (χ2v) is 2.64. The van der Waals surface area contributed by atoms with E-state index >= 15 is 0 Å². The van der Waals surface area contributed by atoms with Crippen LogP contribution in [0.25, 0.3) is 0 Å². The second-order valence-electron chi connectivity index (χ2n) is 2.64. The van der Waals surface area contributed by atoms with Gasteiger partial charge in [-0.05, 0) is 5.92 Å². The van der Waals surface area contributed by atoms with E-state index < -0.39 is 11.8 Å². The van der Waals surface area contributed by atoms with Crippen molar-refractivity contribution in [2.45, 2.75) is 19.7 Å². The SMILES string of the molecule is CC(C)[C@@H](BOC=N)C(=O)O. The van der Waals surface area contributed by atoms with Crippen LogP contribution in [0.2, 0.25) is 5.82 Å². The topological polar surface area (TPSA) is 70.4 Å². The minimum atomic E-state index is -0.873. The maximum absolute atomic E-state index is 10.5. The molecule has 0 aromatic carbocycles. The van der Waals surface area contributed by atoms with Crippen LogP contribution in [0.5, 0.6) is 0 Å². The number of hydrogen-bond acceptors (Lipinski definition) is 3. The standard InChI is InChI=1S/C6H12BNO3/c1-4(2)5(6(9)10)7-11-3-8/h3-5,7-8H,1-2H3,(H,9,10)/t5-/m1/s1. The molecule has 0 aliphatic rings. The van der Waals surface area contributed by atoms with Crippen LogP contribution in [-0.4, -0.2) is 25.0 Å². The second kappa shape index (κ2) is 4.76. The van der Waals surface area contributed by atoms with Gasteiger partial charge in [0.25, 0.3) is 0 Å². The number of carboxylic acids is 1. The molecule has 0 fully saturated rings. The number of carbonyl (C=O) groups is 1. The highest BCUT2D eigenvalue weighted by atomic mass is 16.4. The summed E-state index contributed by atoms with van der Waals surface area (Å²) in [6.07, 6.45) is 0.762. The quantitative estimate of drug-likeness (QED) is 0.346. The maximum atomic E-state index is 10.5. The van der Waals surface area contributed by atoms with Crippen molar-refractivity contribution in [3.05, 3.63) is 0 Å². The van der Waals surface area contributed by atoms with Crippen molar-refractivity contribution < 1.29 is 14.6 Å². The molecule has 0 radical (unpaired) electrons. The van der Waals surface area contributed by atoms with Crippen LogP contribution in [0.15, 0.2) is 0 Å². The van der Waals surface area contributed by atoms with E-state index in [2.05, 4.69) is 4.65 Å². The van der Waals surface area contributed by atoms with Crippen LogP contribution in [0.1, 0.15) is 13.8 Å². The summed E-state index contributed by atoms with van der Waals surface area (Å²) in [5.74, 6) is -1.36. The molecule has 0 aromatic rings. The molecule has 0 aliphatic heterocycles. The maximum Gasteiger partial charge on any atom is 0.355 e. The molecule has 1 atom stereocenters. The molecule has 0 aliphatic carbocycles. The lowest BCUT2D eigenvalue weighted by Gasteiger charge is -2.12. The number of carboxylic acid groups (broad SMARTS) is 1. The monoisotopic (exact) mass is 157 g/mol. The van der Waals surface area contributed by atoms with Gasteiger partial charge in [0.15, 0.2) is 0 Å². The Morgan fingerprint density at radius 2 is 2.27 bits per heavy atom. The van der Waals surface area contributed by atoms with Gasteiger partial charge in [0.2, 0.25) is 0 Å². The van der Waals surface area contributed by atoms with E-state index in [1.54, 1.807) is 0 Å². The Morgan fingerprint density at radius 3 is 2.55 bits per heavy atom. The van der Waals surface area contributed by atoms with Crippen molar-refractivity contribution in [2.24, 2.45) is 5.92 Å². The van der Waals surface area contributed by atoms with Crippen LogP contribution in [0.3, 0.4) is 0 Å². The van der Waals surface area contributed by atoms with Crippen LogP contribution < -0.4 is 0 Å². The molecule has 0 saturated heterocycles. The molecular weight excluding hydrogens is 145 g/mol. The molecular formula is C6H12BNO3. The summed E-state index contributed by atoms with van der Waals surface area (Å²) < 4.78 is 4.58. The number of nitrogens with one attached hydrogen (secondary N) is 1. The summed E-state index contributed by atoms with van der Waals surface area (Å²) in [7, 11) is 0.0799. The highest BCUT2D eigenvalue weighted by Gasteiger charge is 2.23. The van der Waals surface area contributed by atoms with Gasteiger partial charge < -0.3 is 9.76 Å². The molecule has 2 N–H and O–H groups in total. The fourth-order valence-corrected chi connectivity index (χ4v) is 0.701. The third-order valence-electron chi connectivity index (χ3n) is 1.48. The Hall–Kier alpha value is -0.995. The molecule has 0 spiro atoms. The molecule has 0 heterocycles. The first-order chi connectivity index (χ1) is 5.09. The highest BCUT2D eigenvalue weighted by Crippen LogP contribution is 2.15. The van der Waals surface area contributed by atoms with E-state index in [4.69, 9.17) is 10.5 Å². The van der Waals surface area contributed by atoms with Gasteiger partial charge in [-0.2, -0.15) is 0 Å². The number of aliphatic carboxylic acids is 1. The zero-order valence-electron chi connectivity index (χ0n) is 6.70. The van der Waals surface area contributed by atoms with Crippen molar-refractivity contribution in [2.75, 3.05) is 0 Å². The third-order valence-corrected chi connectivity index (χ3v) is 1.48. The average molecular weight is 157 g/mol. The lowest BCUT2D eigenvalue weighted by Crippen LogP contribution is -2.21. The average Bonchev–Trinajstić information content (AvgIpc) is 1.87. The molecule has 5 heteroatoms. The van der Waals surface area contributed by atoms with E-state index in [1.165, 1.54) is 0 Å². The lowest BCUT2D eigenvalue weighted by molar-refractivity contribution is -0.137. The van der Waals surface area contributed by atoms with Crippen molar-refractivity contribution in [1.82, 2.24) is 0 Å². The predicted octanol–water partition coefficient (Wildman–Crippen LogP) is 0.491. The molecule has 11 heavy (non-hydrogen) atoms. The molecule has 0 bridgehead atoms. The van der Waals surface area contributed by atoms with Gasteiger partial charge in [0, 0.05) is 0 Å². The number of rotatable bonds is 5. The van der Waals surface area contributed by atoms with Gasteiger partial charge in [-0.15, -0.1) is 0 Å². The molecule has 4 nitrogen and oxygen atoms in total. The van der Waals surface area contributed by atoms with Crippen LogP contribution in [0, 0.1) is 11.3 Å². The molecule has 0 rings (SSSR count). The van der Waals surface area contributed by atoms with Crippen LogP contribution >= 0.6 is 0 Å². The number of hydrogen-bond donors (Lipinski definition) is 2. The highest BCUT2D eigenvalue weighted by molar-refractivity contribution is 6.38. The summed E-state index contributed by atoms with van der Waals surface area (Å²) in [6, 6.07) is 0. The first kappa shape index (κ1) is 10.0. The third kappa shape index (κ3) is 3.65. The van der Waals surface area contributed by atoms with Gasteiger partial charge >= 0.3 is 13.5 Å². The summed E-state index contributed by atoms with van der Waals surface area (Å²) in [5, 5.41) is 15.2. The van der Waals surface area contributed by atoms with Crippen LogP contribution in [0.4, 0.5) is 0 Å². The predicted molar refractivity (Wildman–Crippen MR) is 43.2 cm³/mol. The fourth-order valence-electron chi connectivity index (χ4n) is 0.701. The van der Waals surface area contributed by atoms with Gasteiger partial charge in [-0.25, -0.2) is 0 Å². The Balaban J connectivity index is 3.89. The molecule has 0 aromatic heterocycles. The summed E-state index contributed by atoms with van der Waals surface area (Å²) >= 11 is 0. The van der Waals surface area contributed by atoms with E-state index in [9.17, 15) is 4.79 Å². The van der Waals surface area contributed by atoms with Gasteiger partial charge in [-0.3, -0.25) is 10.2 Å². The largest absolute Gasteiger partial charge is 0.556 e. The van der Waals surface area contributed by atoms with E-state index in [0.29, 0.717) is 0 Å². The van der Waals surface area contributed by atoms with E-state index in [1.807, 2.05) is 13.8 Å². The van der Waals surface area contributed by atoms with Crippen molar-refractivity contribution in [3.63, 3.8) is 0 Å². The van der Waals surface area contributed by atoms with Gasteiger partial charge in [0.1, 0.15) is 6.40 Å². The Bertz CT molecular complexity index is 149.